The molecule has 0 saturated heterocycles. The van der Waals surface area contributed by atoms with Gasteiger partial charge in [-0.05, 0) is 24.3 Å². The number of carbonyl (C=O) groups is 1. The monoisotopic (exact) mass is 189 g/mol. The highest BCUT2D eigenvalue weighted by atomic mass is 16.5. The Kier molecular flexibility index (Phi) is 3.61. The topological polar surface area (TPSA) is 38.7 Å². The zero-order valence-electron chi connectivity index (χ0n) is 7.93. The van der Waals surface area contributed by atoms with Crippen LogP contribution in [0.1, 0.15) is 10.4 Å². The van der Waals surface area contributed by atoms with Crippen molar-refractivity contribution in [3.05, 3.63) is 42.5 Å². The van der Waals surface area contributed by atoms with E-state index in [2.05, 4.69) is 11.6 Å². The molecule has 0 N–H and O–H groups in total. The summed E-state index contributed by atoms with van der Waals surface area (Å²) in [6, 6.07) is 6.77. The number of benzene rings is 1. The fourth-order valence-corrected chi connectivity index (χ4v) is 0.929. The van der Waals surface area contributed by atoms with Crippen molar-refractivity contribution in [1.29, 1.82) is 0 Å². The first-order chi connectivity index (χ1) is 6.77. The molecule has 1 aromatic rings. The molecule has 0 bridgehead atoms. The molecule has 72 valence electrons. The molecular formula is C11H11NO2. The van der Waals surface area contributed by atoms with Crippen LogP contribution >= 0.6 is 0 Å². The Hall–Kier alpha value is -1.90. The van der Waals surface area contributed by atoms with Crippen molar-refractivity contribution in [2.24, 2.45) is 4.99 Å². The smallest absolute Gasteiger partial charge is 0.276 e. The van der Waals surface area contributed by atoms with Crippen LogP contribution < -0.4 is 4.74 Å². The highest BCUT2D eigenvalue weighted by molar-refractivity contribution is 6.00. The molecule has 0 aliphatic heterocycles. The van der Waals surface area contributed by atoms with Crippen molar-refractivity contribution >= 4 is 12.1 Å². The second kappa shape index (κ2) is 4.97. The lowest BCUT2D eigenvalue weighted by Crippen LogP contribution is -1.94. The molecule has 0 aromatic heterocycles. The number of aliphatic imine (C=N–C) groups is 1. The van der Waals surface area contributed by atoms with Gasteiger partial charge in [0.25, 0.3) is 5.91 Å². The van der Waals surface area contributed by atoms with Crippen molar-refractivity contribution in [3.63, 3.8) is 0 Å². The summed E-state index contributed by atoms with van der Waals surface area (Å²) in [5.41, 5.74) is 0.531. The minimum Gasteiger partial charge on any atom is -0.497 e. The van der Waals surface area contributed by atoms with Gasteiger partial charge >= 0.3 is 0 Å². The summed E-state index contributed by atoms with van der Waals surface area (Å²) in [5.74, 6) is 0.432. The lowest BCUT2D eigenvalue weighted by molar-refractivity contribution is 0.100. The van der Waals surface area contributed by atoms with Crippen LogP contribution in [-0.2, 0) is 0 Å². The zero-order chi connectivity index (χ0) is 10.4. The summed E-state index contributed by atoms with van der Waals surface area (Å²) in [7, 11) is 1.58. The second-order valence-corrected chi connectivity index (χ2v) is 2.55. The van der Waals surface area contributed by atoms with Crippen LogP contribution in [0, 0.1) is 0 Å². The number of amides is 1. The van der Waals surface area contributed by atoms with Crippen LogP contribution in [-0.4, -0.2) is 19.2 Å². The number of rotatable bonds is 3. The Balaban J connectivity index is 2.81. The Morgan fingerprint density at radius 1 is 1.43 bits per heavy atom. The molecule has 0 fully saturated rings. The van der Waals surface area contributed by atoms with E-state index in [-0.39, 0.29) is 5.91 Å². The van der Waals surface area contributed by atoms with E-state index in [1.54, 1.807) is 31.4 Å². The molecule has 3 heteroatoms. The molecule has 0 heterocycles. The summed E-state index contributed by atoms with van der Waals surface area (Å²) < 4.78 is 4.96. The summed E-state index contributed by atoms with van der Waals surface area (Å²) >= 11 is 0. The van der Waals surface area contributed by atoms with Gasteiger partial charge in [-0.3, -0.25) is 4.79 Å². The number of hydrogen-bond donors (Lipinski definition) is 0. The lowest BCUT2D eigenvalue weighted by Gasteiger charge is -1.99. The fraction of sp³-hybridized carbons (Fsp3) is 0.0909. The van der Waals surface area contributed by atoms with E-state index in [9.17, 15) is 4.79 Å². The van der Waals surface area contributed by atoms with Crippen molar-refractivity contribution < 1.29 is 9.53 Å². The molecule has 1 rings (SSSR count). The molecule has 1 aromatic carbocycles. The van der Waals surface area contributed by atoms with Crippen molar-refractivity contribution in [2.45, 2.75) is 0 Å². The first kappa shape index (κ1) is 10.2. The first-order valence-corrected chi connectivity index (χ1v) is 4.11. The van der Waals surface area contributed by atoms with Gasteiger partial charge in [0.15, 0.2) is 0 Å². The molecule has 0 aliphatic rings. The van der Waals surface area contributed by atoms with Crippen LogP contribution in [0.25, 0.3) is 0 Å². The molecular weight excluding hydrogens is 178 g/mol. The number of allylic oxidation sites excluding steroid dienone is 1. The standard InChI is InChI=1S/C11H11NO2/c1-3-8-12-11(13)9-4-6-10(14-2)7-5-9/h3-8H,1H2,2H3. The van der Waals surface area contributed by atoms with Crippen LogP contribution in [0.2, 0.25) is 0 Å². The van der Waals surface area contributed by atoms with Gasteiger partial charge in [0, 0.05) is 11.8 Å². The van der Waals surface area contributed by atoms with Gasteiger partial charge < -0.3 is 4.74 Å². The number of hydrogen-bond acceptors (Lipinski definition) is 2. The first-order valence-electron chi connectivity index (χ1n) is 4.11. The summed E-state index contributed by atoms with van der Waals surface area (Å²) in [5, 5.41) is 0. The Bertz CT molecular complexity index is 352. The van der Waals surface area contributed by atoms with Gasteiger partial charge in [-0.25, -0.2) is 4.99 Å². The van der Waals surface area contributed by atoms with Gasteiger partial charge in [0.1, 0.15) is 5.75 Å². The van der Waals surface area contributed by atoms with E-state index in [0.29, 0.717) is 11.3 Å². The number of carbonyl (C=O) groups excluding carboxylic acids is 1. The number of methoxy groups -OCH3 is 1. The second-order valence-electron chi connectivity index (χ2n) is 2.55. The molecule has 0 spiro atoms. The van der Waals surface area contributed by atoms with Crippen LogP contribution in [0.4, 0.5) is 0 Å². The largest absolute Gasteiger partial charge is 0.497 e. The molecule has 0 radical (unpaired) electrons. The Morgan fingerprint density at radius 2 is 2.07 bits per heavy atom. The average Bonchev–Trinajstić information content (AvgIpc) is 2.26. The van der Waals surface area contributed by atoms with Crippen molar-refractivity contribution in [2.75, 3.05) is 7.11 Å². The third-order valence-corrected chi connectivity index (χ3v) is 1.63. The third-order valence-electron chi connectivity index (χ3n) is 1.63. The molecule has 14 heavy (non-hydrogen) atoms. The summed E-state index contributed by atoms with van der Waals surface area (Å²) in [6.45, 7) is 3.43. The van der Waals surface area contributed by atoms with Crippen LogP contribution in [0.5, 0.6) is 5.75 Å². The minimum atomic E-state index is -0.285. The highest BCUT2D eigenvalue weighted by Crippen LogP contribution is 2.11. The normalized spacial score (nSPS) is 10.1. The third kappa shape index (κ3) is 2.55. The van der Waals surface area contributed by atoms with E-state index in [0.717, 1.165) is 0 Å². The molecule has 0 atom stereocenters. The molecule has 0 unspecified atom stereocenters. The van der Waals surface area contributed by atoms with E-state index < -0.39 is 0 Å². The average molecular weight is 189 g/mol. The predicted octanol–water partition coefficient (Wildman–Crippen LogP) is 2.09. The number of nitrogens with zero attached hydrogens (tertiary/aromatic N) is 1. The van der Waals surface area contributed by atoms with E-state index in [1.807, 2.05) is 0 Å². The quantitative estimate of drug-likeness (QED) is 0.683. The van der Waals surface area contributed by atoms with Crippen LogP contribution in [0.3, 0.4) is 0 Å². The van der Waals surface area contributed by atoms with Crippen molar-refractivity contribution in [1.82, 2.24) is 0 Å². The number of ether oxygens (including phenoxy) is 1. The summed E-state index contributed by atoms with van der Waals surface area (Å²) in [6.07, 6.45) is 2.83. The van der Waals surface area contributed by atoms with Gasteiger partial charge in [-0.2, -0.15) is 0 Å². The van der Waals surface area contributed by atoms with E-state index in [1.165, 1.54) is 12.3 Å². The molecule has 3 nitrogen and oxygen atoms in total. The van der Waals surface area contributed by atoms with Crippen LogP contribution in [0.15, 0.2) is 41.9 Å². The molecule has 0 saturated carbocycles. The maximum atomic E-state index is 11.3. The lowest BCUT2D eigenvalue weighted by atomic mass is 10.2. The fourth-order valence-electron chi connectivity index (χ4n) is 0.929. The Labute approximate surface area is 82.7 Å². The molecule has 0 aliphatic carbocycles. The van der Waals surface area contributed by atoms with Gasteiger partial charge in [-0.15, -0.1) is 0 Å². The van der Waals surface area contributed by atoms with Crippen molar-refractivity contribution in [3.8, 4) is 5.75 Å². The summed E-state index contributed by atoms with van der Waals surface area (Å²) in [4.78, 5) is 15.0. The van der Waals surface area contributed by atoms with E-state index >= 15 is 0 Å². The van der Waals surface area contributed by atoms with Gasteiger partial charge in [0.2, 0.25) is 0 Å². The maximum absolute atomic E-state index is 11.3. The predicted molar refractivity (Wildman–Crippen MR) is 56.0 cm³/mol. The Morgan fingerprint density at radius 3 is 2.57 bits per heavy atom. The van der Waals surface area contributed by atoms with Gasteiger partial charge in [0.05, 0.1) is 7.11 Å². The van der Waals surface area contributed by atoms with Gasteiger partial charge in [-0.1, -0.05) is 12.7 Å². The SMILES string of the molecule is C=CC=NC(=O)c1ccc(OC)cc1. The zero-order valence-corrected chi connectivity index (χ0v) is 7.93. The maximum Gasteiger partial charge on any atom is 0.276 e. The van der Waals surface area contributed by atoms with E-state index in [4.69, 9.17) is 4.74 Å². The molecule has 1 amide bonds. The minimum absolute atomic E-state index is 0.285. The highest BCUT2D eigenvalue weighted by Gasteiger charge is 2.01.